The smallest absolute Gasteiger partial charge is 0.246 e. The van der Waals surface area contributed by atoms with Crippen LogP contribution < -0.4 is 0 Å². The zero-order valence-electron chi connectivity index (χ0n) is 31.4. The van der Waals surface area contributed by atoms with E-state index in [0.717, 1.165) is 24.2 Å². The van der Waals surface area contributed by atoms with E-state index in [1.165, 1.54) is 52.9 Å². The minimum Gasteiger partial charge on any atom is -0.333 e. The van der Waals surface area contributed by atoms with E-state index in [0.29, 0.717) is 13.1 Å². The van der Waals surface area contributed by atoms with Gasteiger partial charge in [-0.2, -0.15) is 0 Å². The first-order valence-corrected chi connectivity index (χ1v) is 20.2. The first kappa shape index (κ1) is 37.0. The molecule has 2 aliphatic heterocycles. The molecule has 4 aromatic carbocycles. The van der Waals surface area contributed by atoms with Gasteiger partial charge in [-0.05, 0) is 96.5 Å². The van der Waals surface area contributed by atoms with Crippen molar-refractivity contribution in [2.45, 2.75) is 52.6 Å². The quantitative estimate of drug-likeness (QED) is 0.159. The summed E-state index contributed by atoms with van der Waals surface area (Å²) in [7, 11) is 0. The third-order valence-corrected chi connectivity index (χ3v) is 12.4. The standard InChI is InChI=1S/2C24H23NOS/c2*1-17-8-6-7-11-20(17)22-15-25(16-23-21(22)14-18(2)27-23)24(26)13-12-19-9-4-3-5-10-19/h2*3-14,22H,15-16H2,1-2H3/b2*13-12+/t2*22-/m10/s1. The molecule has 2 aromatic heterocycles. The van der Waals surface area contributed by atoms with Gasteiger partial charge in [0.15, 0.2) is 0 Å². The lowest BCUT2D eigenvalue weighted by Crippen LogP contribution is -2.37. The topological polar surface area (TPSA) is 40.6 Å². The summed E-state index contributed by atoms with van der Waals surface area (Å²) in [5, 5.41) is 0. The van der Waals surface area contributed by atoms with Gasteiger partial charge >= 0.3 is 0 Å². The Morgan fingerprint density at radius 1 is 0.519 bits per heavy atom. The molecule has 2 amide bonds. The van der Waals surface area contributed by atoms with Gasteiger partial charge in [-0.1, -0.05) is 109 Å². The molecule has 0 aliphatic carbocycles. The molecule has 2 atom stereocenters. The van der Waals surface area contributed by atoms with Gasteiger partial charge in [-0.25, -0.2) is 0 Å². The second-order valence-corrected chi connectivity index (χ2v) is 16.9. The molecule has 0 spiro atoms. The minimum atomic E-state index is 0.0779. The van der Waals surface area contributed by atoms with Gasteiger partial charge in [0.2, 0.25) is 11.8 Å². The second-order valence-electron chi connectivity index (χ2n) is 14.2. The number of thiophene rings is 2. The summed E-state index contributed by atoms with van der Waals surface area (Å²) in [4.78, 5) is 35.0. The molecule has 0 saturated heterocycles. The molecule has 0 bridgehead atoms. The number of hydrogen-bond donors (Lipinski definition) is 0. The van der Waals surface area contributed by atoms with Crippen molar-refractivity contribution in [3.63, 3.8) is 0 Å². The summed E-state index contributed by atoms with van der Waals surface area (Å²) < 4.78 is 0. The Hall–Kier alpha value is -5.30. The van der Waals surface area contributed by atoms with Crippen LogP contribution in [0, 0.1) is 27.7 Å². The molecule has 0 N–H and O–H groups in total. The van der Waals surface area contributed by atoms with Gasteiger partial charge in [0, 0.05) is 56.6 Å². The lowest BCUT2D eigenvalue weighted by Gasteiger charge is -2.33. The van der Waals surface area contributed by atoms with E-state index >= 15 is 0 Å². The second kappa shape index (κ2) is 16.8. The lowest BCUT2D eigenvalue weighted by molar-refractivity contribution is -0.127. The first-order valence-electron chi connectivity index (χ1n) is 18.6. The van der Waals surface area contributed by atoms with Gasteiger partial charge in [-0.3, -0.25) is 9.59 Å². The summed E-state index contributed by atoms with van der Waals surface area (Å²) in [6, 6.07) is 41.6. The van der Waals surface area contributed by atoms with E-state index in [2.05, 4.69) is 88.4 Å². The number of nitrogens with zero attached hydrogens (tertiary/aromatic N) is 2. The molecule has 6 heteroatoms. The maximum Gasteiger partial charge on any atom is 0.246 e. The van der Waals surface area contributed by atoms with Crippen LogP contribution in [0.4, 0.5) is 0 Å². The third kappa shape index (κ3) is 8.57. The lowest BCUT2D eigenvalue weighted by atomic mass is 9.86. The van der Waals surface area contributed by atoms with Crippen molar-refractivity contribution in [2.75, 3.05) is 13.1 Å². The molecular formula is C48H46N2O2S2. The van der Waals surface area contributed by atoms with Crippen LogP contribution in [0.25, 0.3) is 12.2 Å². The number of carbonyl (C=O) groups excluding carboxylic acids is 2. The van der Waals surface area contributed by atoms with E-state index in [-0.39, 0.29) is 23.7 Å². The van der Waals surface area contributed by atoms with Crippen LogP contribution in [0.2, 0.25) is 0 Å². The van der Waals surface area contributed by atoms with E-state index < -0.39 is 0 Å². The van der Waals surface area contributed by atoms with Crippen LogP contribution in [0.5, 0.6) is 0 Å². The van der Waals surface area contributed by atoms with Crippen molar-refractivity contribution in [3.05, 3.63) is 197 Å². The number of hydrogen-bond acceptors (Lipinski definition) is 4. The zero-order chi connectivity index (χ0) is 37.6. The predicted molar refractivity (Wildman–Crippen MR) is 226 cm³/mol. The summed E-state index contributed by atoms with van der Waals surface area (Å²) >= 11 is 3.62. The Labute approximate surface area is 327 Å². The summed E-state index contributed by atoms with van der Waals surface area (Å²) in [5.74, 6) is 0.645. The van der Waals surface area contributed by atoms with E-state index in [4.69, 9.17) is 0 Å². The molecule has 4 nitrogen and oxygen atoms in total. The number of benzene rings is 4. The Morgan fingerprint density at radius 3 is 1.28 bits per heavy atom. The monoisotopic (exact) mass is 746 g/mol. The summed E-state index contributed by atoms with van der Waals surface area (Å²) in [6.45, 7) is 11.5. The summed E-state index contributed by atoms with van der Waals surface area (Å²) in [5.41, 5.74) is 10.1. The van der Waals surface area contributed by atoms with E-state index in [9.17, 15) is 9.59 Å². The van der Waals surface area contributed by atoms with Crippen molar-refractivity contribution >= 4 is 46.6 Å². The summed E-state index contributed by atoms with van der Waals surface area (Å²) in [6.07, 6.45) is 7.21. The first-order chi connectivity index (χ1) is 26.2. The molecule has 2 aliphatic rings. The van der Waals surface area contributed by atoms with Gasteiger partial charge in [0.1, 0.15) is 0 Å². The molecule has 6 aromatic rings. The highest BCUT2D eigenvalue weighted by Gasteiger charge is 2.32. The fourth-order valence-corrected chi connectivity index (χ4v) is 9.84. The van der Waals surface area contributed by atoms with Gasteiger partial charge in [-0.15, -0.1) is 22.7 Å². The largest absolute Gasteiger partial charge is 0.333 e. The predicted octanol–water partition coefficient (Wildman–Crippen LogP) is 11.1. The van der Waals surface area contributed by atoms with E-state index in [1.807, 2.05) is 105 Å². The fraction of sp³-hybridized carbons (Fsp3) is 0.208. The molecule has 4 heterocycles. The molecule has 272 valence electrons. The average Bonchev–Trinajstić information content (AvgIpc) is 3.77. The number of fused-ring (bicyclic) bond motifs is 2. The zero-order valence-corrected chi connectivity index (χ0v) is 33.0. The van der Waals surface area contributed by atoms with E-state index in [1.54, 1.807) is 12.2 Å². The SMILES string of the molecule is Cc1cc2c(s1)CN(C(=O)/C=C/c1ccccc1)C[C@@H]2c1ccccc1C.Cc1cc2c(s1)CN(C(=O)/C=C/c1ccccc1)C[C@H]2c1ccccc1C. The number of rotatable bonds is 6. The molecule has 0 saturated carbocycles. The van der Waals surface area contributed by atoms with Crippen LogP contribution in [0.1, 0.15) is 75.9 Å². The van der Waals surface area contributed by atoms with Crippen LogP contribution in [0.15, 0.2) is 133 Å². The third-order valence-electron chi connectivity index (χ3n) is 10.3. The Morgan fingerprint density at radius 2 is 0.889 bits per heavy atom. The van der Waals surface area contributed by atoms with Crippen LogP contribution in [-0.4, -0.2) is 34.7 Å². The van der Waals surface area contributed by atoms with Crippen molar-refractivity contribution in [3.8, 4) is 0 Å². The molecule has 54 heavy (non-hydrogen) atoms. The minimum absolute atomic E-state index is 0.0779. The van der Waals surface area contributed by atoms with Crippen LogP contribution >= 0.6 is 22.7 Å². The Kier molecular flexibility index (Phi) is 11.5. The number of aryl methyl sites for hydroxylation is 4. The fourth-order valence-electron chi connectivity index (χ4n) is 7.61. The van der Waals surface area contributed by atoms with Crippen molar-refractivity contribution < 1.29 is 9.59 Å². The highest BCUT2D eigenvalue weighted by Crippen LogP contribution is 2.40. The Balaban J connectivity index is 0.000000167. The number of amides is 2. The van der Waals surface area contributed by atoms with Crippen molar-refractivity contribution in [1.29, 1.82) is 0 Å². The highest BCUT2D eigenvalue weighted by atomic mass is 32.1. The normalized spacial score (nSPS) is 16.5. The number of carbonyl (C=O) groups is 2. The molecule has 0 radical (unpaired) electrons. The van der Waals surface area contributed by atoms with Crippen molar-refractivity contribution in [2.24, 2.45) is 0 Å². The van der Waals surface area contributed by atoms with Gasteiger partial charge in [0.25, 0.3) is 0 Å². The van der Waals surface area contributed by atoms with Gasteiger partial charge < -0.3 is 9.80 Å². The molecule has 0 fully saturated rings. The maximum atomic E-state index is 12.9. The highest BCUT2D eigenvalue weighted by molar-refractivity contribution is 7.12. The molecule has 8 rings (SSSR count). The van der Waals surface area contributed by atoms with Crippen LogP contribution in [0.3, 0.4) is 0 Å². The molecule has 0 unspecified atom stereocenters. The van der Waals surface area contributed by atoms with Crippen molar-refractivity contribution in [1.82, 2.24) is 9.80 Å². The average molecular weight is 747 g/mol. The van der Waals surface area contributed by atoms with Gasteiger partial charge in [0.05, 0.1) is 13.1 Å². The Bertz CT molecular complexity index is 2140. The van der Waals surface area contributed by atoms with Crippen LogP contribution in [-0.2, 0) is 22.7 Å². The molecular weight excluding hydrogens is 701 g/mol. The maximum absolute atomic E-state index is 12.9.